The first-order valence-electron chi connectivity index (χ1n) is 12.5. The van der Waals surface area contributed by atoms with Gasteiger partial charge < -0.3 is 4.52 Å². The molecule has 3 rings (SSSR count). The number of hydrogen-bond acceptors (Lipinski definition) is 3. The van der Waals surface area contributed by atoms with E-state index in [4.69, 9.17) is 10.3 Å². The van der Waals surface area contributed by atoms with Crippen LogP contribution in [-0.4, -0.2) is 10.1 Å². The Morgan fingerprint density at radius 2 is 1.61 bits per heavy atom. The third-order valence-electron chi connectivity index (χ3n) is 6.17. The molecule has 1 radical (unpaired) electrons. The first-order chi connectivity index (χ1) is 16.2. The topological polar surface area (TPSA) is 62.7 Å². The molecule has 0 spiro atoms. The molecule has 0 saturated heterocycles. The highest BCUT2D eigenvalue weighted by Gasteiger charge is 2.13. The van der Waals surface area contributed by atoms with Crippen molar-refractivity contribution in [1.82, 2.24) is 15.9 Å². The van der Waals surface area contributed by atoms with Gasteiger partial charge >= 0.3 is 0 Å². The van der Waals surface area contributed by atoms with Gasteiger partial charge in [-0.3, -0.25) is 0 Å². The van der Waals surface area contributed by atoms with E-state index in [9.17, 15) is 4.39 Å². The van der Waals surface area contributed by atoms with Crippen molar-refractivity contribution in [2.45, 2.75) is 90.0 Å². The summed E-state index contributed by atoms with van der Waals surface area (Å²) in [5.41, 5.74) is 10.9. The standard InChI is InChI=1S/C28H37FN3O/c1-2-3-4-5-6-7-8-9-10-18-27-31-28(33-32-27)24-16-13-15-23(21-24)26(30)20-19-22-14-11-12-17-25(22)29/h11-17,21,26,30H,2-10,18-20H2,1H3. The smallest absolute Gasteiger partial charge is 0.257 e. The SMILES string of the molecule is CCCCCCCCCCCc1noc(-c2cccc(C([NH])CCc3ccccc3F)c2)n1. The van der Waals surface area contributed by atoms with E-state index in [0.29, 0.717) is 24.3 Å². The quantitative estimate of drug-likeness (QED) is 0.221. The van der Waals surface area contributed by atoms with Crippen LogP contribution in [0, 0.1) is 5.82 Å². The Morgan fingerprint density at radius 1 is 0.879 bits per heavy atom. The maximum Gasteiger partial charge on any atom is 0.257 e. The average Bonchev–Trinajstić information content (AvgIpc) is 3.31. The van der Waals surface area contributed by atoms with Crippen LogP contribution in [0.25, 0.3) is 11.5 Å². The molecule has 0 saturated carbocycles. The minimum Gasteiger partial charge on any atom is -0.334 e. The largest absolute Gasteiger partial charge is 0.334 e. The van der Waals surface area contributed by atoms with Gasteiger partial charge in [0.1, 0.15) is 5.82 Å². The summed E-state index contributed by atoms with van der Waals surface area (Å²) in [7, 11) is 0. The summed E-state index contributed by atoms with van der Waals surface area (Å²) >= 11 is 0. The van der Waals surface area contributed by atoms with E-state index in [1.807, 2.05) is 30.3 Å². The van der Waals surface area contributed by atoms with Crippen molar-refractivity contribution in [3.05, 3.63) is 71.3 Å². The van der Waals surface area contributed by atoms with Crippen molar-refractivity contribution in [2.24, 2.45) is 0 Å². The number of aryl methyl sites for hydroxylation is 2. The van der Waals surface area contributed by atoms with Gasteiger partial charge in [-0.2, -0.15) is 4.98 Å². The number of rotatable bonds is 15. The normalized spacial score (nSPS) is 12.2. The van der Waals surface area contributed by atoms with E-state index in [1.54, 1.807) is 12.1 Å². The zero-order chi connectivity index (χ0) is 23.3. The molecule has 3 aromatic rings. The second-order valence-corrected chi connectivity index (χ2v) is 8.90. The van der Waals surface area contributed by atoms with Gasteiger partial charge in [-0.15, -0.1) is 0 Å². The third-order valence-corrected chi connectivity index (χ3v) is 6.17. The van der Waals surface area contributed by atoms with Crippen LogP contribution in [0.5, 0.6) is 0 Å². The summed E-state index contributed by atoms with van der Waals surface area (Å²) in [5.74, 6) is 1.05. The monoisotopic (exact) mass is 450 g/mol. The van der Waals surface area contributed by atoms with E-state index < -0.39 is 6.04 Å². The first kappa shape index (κ1) is 25.1. The second-order valence-electron chi connectivity index (χ2n) is 8.90. The van der Waals surface area contributed by atoms with E-state index in [-0.39, 0.29) is 5.82 Å². The number of nitrogens with one attached hydrogen (secondary N) is 1. The minimum absolute atomic E-state index is 0.205. The van der Waals surface area contributed by atoms with Crippen LogP contribution in [0.2, 0.25) is 0 Å². The van der Waals surface area contributed by atoms with Gasteiger partial charge in [0.15, 0.2) is 5.82 Å². The molecule has 1 unspecified atom stereocenters. The van der Waals surface area contributed by atoms with E-state index in [1.165, 1.54) is 57.4 Å². The van der Waals surface area contributed by atoms with Crippen molar-refractivity contribution in [2.75, 3.05) is 0 Å². The number of nitrogens with zero attached hydrogens (tertiary/aromatic N) is 2. The fraction of sp³-hybridized carbons (Fsp3) is 0.500. The van der Waals surface area contributed by atoms with Gasteiger partial charge in [0.05, 0.1) is 0 Å². The highest BCUT2D eigenvalue weighted by Crippen LogP contribution is 2.25. The fourth-order valence-electron chi connectivity index (χ4n) is 4.12. The lowest BCUT2D eigenvalue weighted by Gasteiger charge is -2.12. The lowest BCUT2D eigenvalue weighted by molar-refractivity contribution is 0.420. The molecule has 1 N–H and O–H groups in total. The molecule has 177 valence electrons. The van der Waals surface area contributed by atoms with Crippen LogP contribution >= 0.6 is 0 Å². The zero-order valence-corrected chi connectivity index (χ0v) is 19.9. The number of aromatic nitrogens is 2. The molecule has 33 heavy (non-hydrogen) atoms. The van der Waals surface area contributed by atoms with E-state index in [2.05, 4.69) is 17.1 Å². The van der Waals surface area contributed by atoms with Gasteiger partial charge in [0, 0.05) is 18.0 Å². The van der Waals surface area contributed by atoms with Crippen molar-refractivity contribution in [3.63, 3.8) is 0 Å². The van der Waals surface area contributed by atoms with Gasteiger partial charge in [-0.1, -0.05) is 93.8 Å². The Hall–Kier alpha value is -2.53. The molecule has 0 bridgehead atoms. The van der Waals surface area contributed by atoms with Crippen molar-refractivity contribution in [1.29, 1.82) is 0 Å². The van der Waals surface area contributed by atoms with E-state index >= 15 is 0 Å². The van der Waals surface area contributed by atoms with Crippen molar-refractivity contribution >= 4 is 0 Å². The number of halogens is 1. The first-order valence-corrected chi connectivity index (χ1v) is 12.5. The number of hydrogen-bond donors (Lipinski definition) is 0. The van der Waals surface area contributed by atoms with Crippen LogP contribution in [0.4, 0.5) is 4.39 Å². The minimum atomic E-state index is -0.436. The lowest BCUT2D eigenvalue weighted by atomic mass is 9.98. The molecule has 0 aliphatic rings. The Labute approximate surface area is 197 Å². The Kier molecular flexibility index (Phi) is 10.6. The molecular formula is C28H37FN3O. The number of unbranched alkanes of at least 4 members (excludes halogenated alkanes) is 8. The summed E-state index contributed by atoms with van der Waals surface area (Å²) in [5, 5.41) is 4.15. The van der Waals surface area contributed by atoms with Crippen LogP contribution in [-0.2, 0) is 12.8 Å². The Morgan fingerprint density at radius 3 is 2.36 bits per heavy atom. The maximum atomic E-state index is 13.8. The van der Waals surface area contributed by atoms with Gasteiger partial charge in [0.25, 0.3) is 5.89 Å². The van der Waals surface area contributed by atoms with Crippen LogP contribution in [0.1, 0.15) is 94.1 Å². The summed E-state index contributed by atoms with van der Waals surface area (Å²) < 4.78 is 19.3. The van der Waals surface area contributed by atoms with Crippen LogP contribution in [0.15, 0.2) is 53.1 Å². The molecule has 0 amide bonds. The molecule has 0 aliphatic heterocycles. The highest BCUT2D eigenvalue weighted by molar-refractivity contribution is 5.54. The molecule has 4 nitrogen and oxygen atoms in total. The van der Waals surface area contributed by atoms with Crippen molar-refractivity contribution < 1.29 is 8.91 Å². The fourth-order valence-corrected chi connectivity index (χ4v) is 4.12. The molecule has 0 fully saturated rings. The van der Waals surface area contributed by atoms with Crippen molar-refractivity contribution in [3.8, 4) is 11.5 Å². The predicted octanol–water partition coefficient (Wildman–Crippen LogP) is 7.91. The molecular weight excluding hydrogens is 413 g/mol. The zero-order valence-electron chi connectivity index (χ0n) is 19.9. The Bertz CT molecular complexity index is 956. The number of benzene rings is 2. The summed E-state index contributed by atoms with van der Waals surface area (Å²) in [6.07, 6.45) is 13.5. The van der Waals surface area contributed by atoms with Gasteiger partial charge in [0.2, 0.25) is 0 Å². The van der Waals surface area contributed by atoms with Crippen LogP contribution < -0.4 is 5.73 Å². The third kappa shape index (κ3) is 8.39. The average molecular weight is 451 g/mol. The summed E-state index contributed by atoms with van der Waals surface area (Å²) in [6, 6.07) is 14.1. The second kappa shape index (κ2) is 13.9. The molecule has 1 heterocycles. The summed E-state index contributed by atoms with van der Waals surface area (Å²) in [6.45, 7) is 2.25. The van der Waals surface area contributed by atoms with E-state index in [0.717, 1.165) is 29.8 Å². The van der Waals surface area contributed by atoms with Gasteiger partial charge in [-0.05, 0) is 48.6 Å². The van der Waals surface area contributed by atoms with Gasteiger partial charge in [-0.25, -0.2) is 10.1 Å². The molecule has 1 atom stereocenters. The molecule has 5 heteroatoms. The molecule has 1 aromatic heterocycles. The molecule has 0 aliphatic carbocycles. The lowest BCUT2D eigenvalue weighted by Crippen LogP contribution is -2.03. The van der Waals surface area contributed by atoms with Crippen LogP contribution in [0.3, 0.4) is 0 Å². The highest BCUT2D eigenvalue weighted by atomic mass is 19.1. The predicted molar refractivity (Wildman–Crippen MR) is 131 cm³/mol. The molecule has 2 aromatic carbocycles. The Balaban J connectivity index is 1.44. The summed E-state index contributed by atoms with van der Waals surface area (Å²) in [4.78, 5) is 4.57. The maximum absolute atomic E-state index is 13.8.